The molecule has 1 aliphatic carbocycles. The molecule has 19 heavy (non-hydrogen) atoms. The molecule has 0 aromatic carbocycles. The van der Waals surface area contributed by atoms with Crippen molar-refractivity contribution in [2.45, 2.75) is 44.6 Å². The van der Waals surface area contributed by atoms with Gasteiger partial charge in [-0.15, -0.1) is 0 Å². The second kappa shape index (κ2) is 5.74. The summed E-state index contributed by atoms with van der Waals surface area (Å²) in [7, 11) is 0. The molecule has 2 heterocycles. The molecule has 1 atom stereocenters. The van der Waals surface area contributed by atoms with E-state index < -0.39 is 0 Å². The molecule has 1 aromatic heterocycles. The fourth-order valence-electron chi connectivity index (χ4n) is 2.27. The van der Waals surface area contributed by atoms with Crippen LogP contribution < -0.4 is 10.6 Å². The Bertz CT molecular complexity index is 427. The van der Waals surface area contributed by atoms with E-state index >= 15 is 0 Å². The van der Waals surface area contributed by atoms with Crippen LogP contribution in [0.5, 0.6) is 0 Å². The van der Waals surface area contributed by atoms with Crippen LogP contribution in [-0.2, 0) is 4.74 Å². The predicted octanol–water partition coefficient (Wildman–Crippen LogP) is 2.38. The number of hydrogen-bond acceptors (Lipinski definition) is 5. The molecule has 104 valence electrons. The van der Waals surface area contributed by atoms with E-state index in [0.717, 1.165) is 50.1 Å². The molecular weight excluding hydrogens is 240 g/mol. The second-order valence-corrected chi connectivity index (χ2v) is 5.40. The number of anilines is 2. The number of aromatic nitrogens is 2. The van der Waals surface area contributed by atoms with Gasteiger partial charge in [0.1, 0.15) is 17.5 Å². The Labute approximate surface area is 114 Å². The molecule has 0 amide bonds. The van der Waals surface area contributed by atoms with Crippen LogP contribution in [0.2, 0.25) is 0 Å². The summed E-state index contributed by atoms with van der Waals surface area (Å²) in [4.78, 5) is 9.26. The standard InChI is InChI=1S/C14H22N4O/c1-2-6-15-12-8-13(16-11-5-7-19-9-11)18-14(17-12)10-3-4-10/h8,10-11H,2-7,9H2,1H3,(H2,15,16,17,18). The van der Waals surface area contributed by atoms with Gasteiger partial charge >= 0.3 is 0 Å². The molecule has 5 nitrogen and oxygen atoms in total. The van der Waals surface area contributed by atoms with E-state index in [4.69, 9.17) is 4.74 Å². The predicted molar refractivity (Wildman–Crippen MR) is 75.6 cm³/mol. The van der Waals surface area contributed by atoms with Crippen molar-refractivity contribution in [2.75, 3.05) is 30.4 Å². The van der Waals surface area contributed by atoms with E-state index in [1.165, 1.54) is 12.8 Å². The van der Waals surface area contributed by atoms with Crippen LogP contribution in [0.4, 0.5) is 11.6 Å². The van der Waals surface area contributed by atoms with Crippen LogP contribution in [-0.4, -0.2) is 35.8 Å². The van der Waals surface area contributed by atoms with Gasteiger partial charge in [-0.2, -0.15) is 0 Å². The Balaban J connectivity index is 1.74. The lowest BCUT2D eigenvalue weighted by molar-refractivity contribution is 0.195. The molecule has 1 saturated carbocycles. The number of rotatable bonds is 6. The molecule has 5 heteroatoms. The molecule has 0 radical (unpaired) electrons. The highest BCUT2D eigenvalue weighted by Gasteiger charge is 2.27. The summed E-state index contributed by atoms with van der Waals surface area (Å²) in [5, 5.41) is 6.82. The molecule has 1 unspecified atom stereocenters. The first-order valence-electron chi connectivity index (χ1n) is 7.32. The van der Waals surface area contributed by atoms with Crippen molar-refractivity contribution >= 4 is 11.6 Å². The van der Waals surface area contributed by atoms with Crippen molar-refractivity contribution in [1.29, 1.82) is 0 Å². The molecule has 3 rings (SSSR count). The zero-order valence-electron chi connectivity index (χ0n) is 11.5. The van der Waals surface area contributed by atoms with Gasteiger partial charge < -0.3 is 15.4 Å². The summed E-state index contributed by atoms with van der Waals surface area (Å²) < 4.78 is 5.39. The lowest BCUT2D eigenvalue weighted by atomic mass is 10.2. The Hall–Kier alpha value is -1.36. The maximum Gasteiger partial charge on any atom is 0.136 e. The Kier molecular flexibility index (Phi) is 3.82. The molecule has 2 aliphatic rings. The van der Waals surface area contributed by atoms with Crippen LogP contribution >= 0.6 is 0 Å². The number of nitrogens with one attached hydrogen (secondary N) is 2. The lowest BCUT2D eigenvalue weighted by Crippen LogP contribution is -2.20. The summed E-state index contributed by atoms with van der Waals surface area (Å²) in [5.41, 5.74) is 0. The van der Waals surface area contributed by atoms with Gasteiger partial charge in [-0.1, -0.05) is 6.92 Å². The zero-order valence-corrected chi connectivity index (χ0v) is 11.5. The Morgan fingerprint density at radius 1 is 1.26 bits per heavy atom. The zero-order chi connectivity index (χ0) is 13.1. The van der Waals surface area contributed by atoms with Crippen molar-refractivity contribution in [2.24, 2.45) is 0 Å². The highest BCUT2D eigenvalue weighted by atomic mass is 16.5. The average molecular weight is 262 g/mol. The summed E-state index contributed by atoms with van der Waals surface area (Å²) in [5.74, 6) is 3.44. The summed E-state index contributed by atoms with van der Waals surface area (Å²) >= 11 is 0. The van der Waals surface area contributed by atoms with Crippen molar-refractivity contribution in [3.05, 3.63) is 11.9 Å². The SMILES string of the molecule is CCCNc1cc(NC2CCOC2)nc(C2CC2)n1. The topological polar surface area (TPSA) is 59.1 Å². The van der Waals surface area contributed by atoms with Gasteiger partial charge in [0.05, 0.1) is 12.6 Å². The maximum atomic E-state index is 5.39. The van der Waals surface area contributed by atoms with Gasteiger partial charge in [0.2, 0.25) is 0 Å². The van der Waals surface area contributed by atoms with E-state index in [1.54, 1.807) is 0 Å². The average Bonchev–Trinajstić information content (AvgIpc) is 3.16. The number of ether oxygens (including phenoxy) is 1. The minimum atomic E-state index is 0.390. The lowest BCUT2D eigenvalue weighted by Gasteiger charge is -2.14. The van der Waals surface area contributed by atoms with Gasteiger partial charge in [-0.05, 0) is 25.7 Å². The van der Waals surface area contributed by atoms with Crippen molar-refractivity contribution in [3.8, 4) is 0 Å². The van der Waals surface area contributed by atoms with Crippen LogP contribution in [0.15, 0.2) is 6.07 Å². The van der Waals surface area contributed by atoms with Crippen LogP contribution in [0, 0.1) is 0 Å². The Morgan fingerprint density at radius 3 is 2.79 bits per heavy atom. The molecular formula is C14H22N4O. The van der Waals surface area contributed by atoms with Gasteiger partial charge in [-0.3, -0.25) is 0 Å². The minimum absolute atomic E-state index is 0.390. The van der Waals surface area contributed by atoms with Crippen LogP contribution in [0.3, 0.4) is 0 Å². The largest absolute Gasteiger partial charge is 0.379 e. The molecule has 2 N–H and O–H groups in total. The number of hydrogen-bond donors (Lipinski definition) is 2. The highest BCUT2D eigenvalue weighted by Crippen LogP contribution is 2.38. The van der Waals surface area contributed by atoms with Gasteiger partial charge in [0, 0.05) is 25.1 Å². The van der Waals surface area contributed by atoms with Crippen LogP contribution in [0.25, 0.3) is 0 Å². The molecule has 0 bridgehead atoms. The third-order valence-electron chi connectivity index (χ3n) is 3.52. The van der Waals surface area contributed by atoms with Crippen molar-refractivity contribution in [1.82, 2.24) is 9.97 Å². The highest BCUT2D eigenvalue weighted by molar-refractivity contribution is 5.48. The van der Waals surface area contributed by atoms with Crippen LogP contribution in [0.1, 0.15) is 44.3 Å². The van der Waals surface area contributed by atoms with Gasteiger partial charge in [-0.25, -0.2) is 9.97 Å². The third kappa shape index (κ3) is 3.35. The quantitative estimate of drug-likeness (QED) is 0.824. The fourth-order valence-corrected chi connectivity index (χ4v) is 2.27. The Morgan fingerprint density at radius 2 is 2.11 bits per heavy atom. The fraction of sp³-hybridized carbons (Fsp3) is 0.714. The minimum Gasteiger partial charge on any atom is -0.379 e. The van der Waals surface area contributed by atoms with E-state index in [0.29, 0.717) is 12.0 Å². The van der Waals surface area contributed by atoms with E-state index in [1.807, 2.05) is 6.07 Å². The summed E-state index contributed by atoms with van der Waals surface area (Å²) in [6.45, 7) is 4.73. The van der Waals surface area contributed by atoms with Gasteiger partial charge in [0.15, 0.2) is 0 Å². The maximum absolute atomic E-state index is 5.39. The number of nitrogens with zero attached hydrogens (tertiary/aromatic N) is 2. The third-order valence-corrected chi connectivity index (χ3v) is 3.52. The second-order valence-electron chi connectivity index (χ2n) is 5.40. The van der Waals surface area contributed by atoms with E-state index in [9.17, 15) is 0 Å². The first-order chi connectivity index (χ1) is 9.35. The molecule has 1 saturated heterocycles. The molecule has 1 aromatic rings. The van der Waals surface area contributed by atoms with Gasteiger partial charge in [0.25, 0.3) is 0 Å². The molecule has 1 aliphatic heterocycles. The normalized spacial score (nSPS) is 22.5. The summed E-state index contributed by atoms with van der Waals surface area (Å²) in [6.07, 6.45) is 4.61. The van der Waals surface area contributed by atoms with Crippen molar-refractivity contribution < 1.29 is 4.74 Å². The first kappa shape index (κ1) is 12.7. The first-order valence-corrected chi connectivity index (χ1v) is 7.32. The monoisotopic (exact) mass is 262 g/mol. The smallest absolute Gasteiger partial charge is 0.136 e. The molecule has 2 fully saturated rings. The summed E-state index contributed by atoms with van der Waals surface area (Å²) in [6, 6.07) is 2.40. The van der Waals surface area contributed by atoms with E-state index in [2.05, 4.69) is 27.5 Å². The molecule has 0 spiro atoms. The van der Waals surface area contributed by atoms with Crippen molar-refractivity contribution in [3.63, 3.8) is 0 Å². The van der Waals surface area contributed by atoms with E-state index in [-0.39, 0.29) is 0 Å².